The summed E-state index contributed by atoms with van der Waals surface area (Å²) < 4.78 is 0. The van der Waals surface area contributed by atoms with E-state index in [2.05, 4.69) is 6.92 Å². The van der Waals surface area contributed by atoms with E-state index < -0.39 is 6.10 Å². The first-order chi connectivity index (χ1) is 11.9. The molecule has 0 fully saturated rings. The number of hydrogen-bond acceptors (Lipinski definition) is 2. The lowest BCUT2D eigenvalue weighted by molar-refractivity contribution is 0.0638. The van der Waals surface area contributed by atoms with Gasteiger partial charge in [-0.2, -0.15) is 0 Å². The van der Waals surface area contributed by atoms with Crippen molar-refractivity contribution >= 4 is 16.7 Å². The number of unbranched alkanes of at least 4 members (excludes halogenated alkanes) is 1. The average molecular weight is 341 g/mol. The first-order valence-electron chi connectivity index (χ1n) is 9.40. The highest BCUT2D eigenvalue weighted by Crippen LogP contribution is 2.31. The van der Waals surface area contributed by atoms with Crippen LogP contribution in [0.1, 0.15) is 75.9 Å². The zero-order valence-corrected chi connectivity index (χ0v) is 16.1. The van der Waals surface area contributed by atoms with Gasteiger partial charge in [0.25, 0.3) is 5.91 Å². The lowest BCUT2D eigenvalue weighted by Gasteiger charge is -2.32. The first kappa shape index (κ1) is 19.5. The number of carbonyl (C=O) groups excluding carboxylic acids is 1. The maximum atomic E-state index is 13.5. The maximum absolute atomic E-state index is 13.5. The van der Waals surface area contributed by atoms with Crippen LogP contribution < -0.4 is 0 Å². The molecule has 0 aliphatic heterocycles. The second-order valence-electron chi connectivity index (χ2n) is 7.31. The summed E-state index contributed by atoms with van der Waals surface area (Å²) in [5, 5.41) is 12.7. The summed E-state index contributed by atoms with van der Waals surface area (Å²) in [4.78, 5) is 15.4. The predicted octanol–water partition coefficient (Wildman–Crippen LogP) is 5.32. The van der Waals surface area contributed by atoms with Gasteiger partial charge in [0, 0.05) is 12.1 Å². The fraction of sp³-hybridized carbons (Fsp3) is 0.500. The molecule has 3 nitrogen and oxygen atoms in total. The average Bonchev–Trinajstić information content (AvgIpc) is 2.57. The van der Waals surface area contributed by atoms with Gasteiger partial charge < -0.3 is 10.0 Å². The maximum Gasteiger partial charge on any atom is 0.255 e. The van der Waals surface area contributed by atoms with Gasteiger partial charge in [-0.15, -0.1) is 0 Å². The highest BCUT2D eigenvalue weighted by molar-refractivity contribution is 6.08. The molecule has 0 aliphatic carbocycles. The second kappa shape index (κ2) is 8.48. The number of carbonyl (C=O) groups is 1. The smallest absolute Gasteiger partial charge is 0.255 e. The number of hydrogen-bond donors (Lipinski definition) is 1. The highest BCUT2D eigenvalue weighted by atomic mass is 16.3. The van der Waals surface area contributed by atoms with Crippen LogP contribution in [0.2, 0.25) is 0 Å². The van der Waals surface area contributed by atoms with Crippen molar-refractivity contribution in [2.45, 2.75) is 72.1 Å². The molecule has 1 atom stereocenters. The Morgan fingerprint density at radius 1 is 1.04 bits per heavy atom. The number of amides is 1. The summed E-state index contributed by atoms with van der Waals surface area (Å²) in [6.45, 7) is 10.3. The van der Waals surface area contributed by atoms with Crippen LogP contribution in [0.3, 0.4) is 0 Å². The van der Waals surface area contributed by atoms with Gasteiger partial charge in [0.15, 0.2) is 0 Å². The fourth-order valence-electron chi connectivity index (χ4n) is 3.55. The third-order valence-electron chi connectivity index (χ3n) is 4.71. The Balaban J connectivity index is 2.62. The topological polar surface area (TPSA) is 40.5 Å². The number of aliphatic hydroxyl groups is 1. The van der Waals surface area contributed by atoms with Gasteiger partial charge in [-0.3, -0.25) is 4.79 Å². The van der Waals surface area contributed by atoms with E-state index in [4.69, 9.17) is 0 Å². The molecule has 0 unspecified atom stereocenters. The standard InChI is InChI=1S/C22H31NO2/c1-6-7-12-20(24)19-14-13-17-10-8-9-11-18(17)21(19)22(25)23(15(2)3)16(4)5/h8-11,13-16,20,24H,6-7,12H2,1-5H3/t20-/m1/s1. The largest absolute Gasteiger partial charge is 0.388 e. The Hall–Kier alpha value is -1.87. The van der Waals surface area contributed by atoms with Gasteiger partial charge >= 0.3 is 0 Å². The van der Waals surface area contributed by atoms with Crippen LogP contribution in [-0.2, 0) is 0 Å². The lowest BCUT2D eigenvalue weighted by atomic mass is 9.92. The predicted molar refractivity (Wildman–Crippen MR) is 105 cm³/mol. The van der Waals surface area contributed by atoms with Gasteiger partial charge in [-0.25, -0.2) is 0 Å². The van der Waals surface area contributed by atoms with Crippen molar-refractivity contribution in [3.8, 4) is 0 Å². The number of aliphatic hydroxyl groups excluding tert-OH is 1. The van der Waals surface area contributed by atoms with Crippen LogP contribution in [0, 0.1) is 0 Å². The quantitative estimate of drug-likeness (QED) is 0.740. The Morgan fingerprint density at radius 3 is 2.28 bits per heavy atom. The van der Waals surface area contributed by atoms with E-state index in [1.54, 1.807) is 0 Å². The zero-order chi connectivity index (χ0) is 18.6. The fourth-order valence-corrected chi connectivity index (χ4v) is 3.55. The third kappa shape index (κ3) is 4.21. The molecule has 25 heavy (non-hydrogen) atoms. The molecule has 0 bridgehead atoms. The van der Waals surface area contributed by atoms with E-state index in [0.717, 1.165) is 29.2 Å². The summed E-state index contributed by atoms with van der Waals surface area (Å²) in [5.74, 6) is 0.00680. The van der Waals surface area contributed by atoms with Crippen LogP contribution in [0.15, 0.2) is 36.4 Å². The second-order valence-corrected chi connectivity index (χ2v) is 7.31. The van der Waals surface area contributed by atoms with Gasteiger partial charge in [0.05, 0.1) is 11.7 Å². The molecule has 0 saturated heterocycles. The van der Waals surface area contributed by atoms with Gasteiger partial charge in [0.1, 0.15) is 0 Å². The van der Waals surface area contributed by atoms with Gasteiger partial charge in [-0.1, -0.05) is 56.2 Å². The molecular weight excluding hydrogens is 310 g/mol. The summed E-state index contributed by atoms with van der Waals surface area (Å²) in [6.07, 6.45) is 2.04. The minimum Gasteiger partial charge on any atom is -0.388 e. The lowest BCUT2D eigenvalue weighted by Crippen LogP contribution is -2.42. The number of nitrogens with zero attached hydrogens (tertiary/aromatic N) is 1. The van der Waals surface area contributed by atoms with Crippen molar-refractivity contribution in [2.24, 2.45) is 0 Å². The summed E-state index contributed by atoms with van der Waals surface area (Å²) >= 11 is 0. The van der Waals surface area contributed by atoms with Crippen LogP contribution in [0.25, 0.3) is 10.8 Å². The Morgan fingerprint density at radius 2 is 1.68 bits per heavy atom. The van der Waals surface area contributed by atoms with E-state index >= 15 is 0 Å². The molecule has 0 spiro atoms. The monoisotopic (exact) mass is 341 g/mol. The molecule has 0 heterocycles. The molecule has 2 aromatic carbocycles. The molecule has 136 valence electrons. The van der Waals surface area contributed by atoms with Crippen molar-refractivity contribution in [2.75, 3.05) is 0 Å². The van der Waals surface area contributed by atoms with Gasteiger partial charge in [0.2, 0.25) is 0 Å². The van der Waals surface area contributed by atoms with Crippen molar-refractivity contribution < 1.29 is 9.90 Å². The van der Waals surface area contributed by atoms with Crippen molar-refractivity contribution in [3.05, 3.63) is 47.5 Å². The van der Waals surface area contributed by atoms with E-state index in [1.165, 1.54) is 0 Å². The molecule has 2 aromatic rings. The molecular formula is C22H31NO2. The number of benzene rings is 2. The summed E-state index contributed by atoms with van der Waals surface area (Å²) in [5.41, 5.74) is 1.41. The van der Waals surface area contributed by atoms with Crippen molar-refractivity contribution in [1.29, 1.82) is 0 Å². The molecule has 3 heteroatoms. The molecule has 0 saturated carbocycles. The summed E-state index contributed by atoms with van der Waals surface area (Å²) in [7, 11) is 0. The SMILES string of the molecule is CCCC[C@@H](O)c1ccc2ccccc2c1C(=O)N(C(C)C)C(C)C. The molecule has 1 amide bonds. The summed E-state index contributed by atoms with van der Waals surface area (Å²) in [6, 6.07) is 12.1. The van der Waals surface area contributed by atoms with Gasteiger partial charge in [-0.05, 0) is 50.5 Å². The Labute approximate surface area is 151 Å². The van der Waals surface area contributed by atoms with E-state index in [0.29, 0.717) is 12.0 Å². The van der Waals surface area contributed by atoms with Crippen LogP contribution in [0.4, 0.5) is 0 Å². The Kier molecular flexibility index (Phi) is 6.60. The van der Waals surface area contributed by atoms with E-state index in [9.17, 15) is 9.90 Å². The molecule has 0 radical (unpaired) electrons. The number of fused-ring (bicyclic) bond motifs is 1. The third-order valence-corrected chi connectivity index (χ3v) is 4.71. The minimum atomic E-state index is -0.607. The zero-order valence-electron chi connectivity index (χ0n) is 16.1. The van der Waals surface area contributed by atoms with E-state index in [1.807, 2.05) is 69.0 Å². The van der Waals surface area contributed by atoms with E-state index in [-0.39, 0.29) is 18.0 Å². The first-order valence-corrected chi connectivity index (χ1v) is 9.40. The van der Waals surface area contributed by atoms with Crippen LogP contribution in [0.5, 0.6) is 0 Å². The van der Waals surface area contributed by atoms with Crippen molar-refractivity contribution in [1.82, 2.24) is 4.90 Å². The molecule has 0 aromatic heterocycles. The number of rotatable bonds is 7. The van der Waals surface area contributed by atoms with Crippen molar-refractivity contribution in [3.63, 3.8) is 0 Å². The highest BCUT2D eigenvalue weighted by Gasteiger charge is 2.27. The Bertz CT molecular complexity index is 713. The minimum absolute atomic E-state index is 0.00680. The molecule has 0 aliphatic rings. The van der Waals surface area contributed by atoms with Crippen LogP contribution in [-0.4, -0.2) is 28.0 Å². The molecule has 1 N–H and O–H groups in total. The normalized spacial score (nSPS) is 12.8. The van der Waals surface area contributed by atoms with Crippen LogP contribution >= 0.6 is 0 Å². The molecule has 2 rings (SSSR count).